The average Bonchev–Trinajstić information content (AvgIpc) is 2.48. The maximum Gasteiger partial charge on any atom is 0.372 e. The fourth-order valence-electron chi connectivity index (χ4n) is 1.97. The average molecular weight is 288 g/mol. The molecule has 110 valence electrons. The van der Waals surface area contributed by atoms with Crippen LogP contribution in [0.2, 0.25) is 0 Å². The molecule has 0 amide bonds. The second kappa shape index (κ2) is 6.65. The monoisotopic (exact) mass is 288 g/mol. The highest BCUT2D eigenvalue weighted by Crippen LogP contribution is 2.33. The van der Waals surface area contributed by atoms with Crippen molar-refractivity contribution in [2.24, 2.45) is 0 Å². The first-order chi connectivity index (χ1) is 10.1. The molecule has 1 aromatic heterocycles. The predicted octanol–water partition coefficient (Wildman–Crippen LogP) is 2.42. The first-order valence-corrected chi connectivity index (χ1v) is 6.50. The van der Waals surface area contributed by atoms with Gasteiger partial charge in [-0.15, -0.1) is 0 Å². The SMILES string of the molecule is CCOc1ncnc(N(C)Cc2ccccc2)c1[N+](=O)[O-]. The number of hydrogen-bond donors (Lipinski definition) is 0. The van der Waals surface area contributed by atoms with E-state index in [1.165, 1.54) is 6.33 Å². The van der Waals surface area contributed by atoms with Crippen molar-refractivity contribution in [3.05, 3.63) is 52.3 Å². The van der Waals surface area contributed by atoms with Crippen LogP contribution in [0.3, 0.4) is 0 Å². The molecule has 1 aromatic carbocycles. The zero-order valence-corrected chi connectivity index (χ0v) is 11.9. The lowest BCUT2D eigenvalue weighted by Crippen LogP contribution is -2.19. The Balaban J connectivity index is 2.34. The Morgan fingerprint density at radius 1 is 1.29 bits per heavy atom. The van der Waals surface area contributed by atoms with Crippen molar-refractivity contribution in [3.8, 4) is 5.88 Å². The van der Waals surface area contributed by atoms with Crippen LogP contribution in [-0.4, -0.2) is 28.5 Å². The summed E-state index contributed by atoms with van der Waals surface area (Å²) in [5.41, 5.74) is 0.823. The summed E-state index contributed by atoms with van der Waals surface area (Å²) in [4.78, 5) is 20.4. The van der Waals surface area contributed by atoms with Crippen LogP contribution < -0.4 is 9.64 Å². The number of benzene rings is 1. The third-order valence-electron chi connectivity index (χ3n) is 2.86. The van der Waals surface area contributed by atoms with Gasteiger partial charge in [-0.2, -0.15) is 4.98 Å². The van der Waals surface area contributed by atoms with Crippen LogP contribution in [0.4, 0.5) is 11.5 Å². The molecule has 2 aromatic rings. The summed E-state index contributed by atoms with van der Waals surface area (Å²) in [6.07, 6.45) is 1.27. The summed E-state index contributed by atoms with van der Waals surface area (Å²) < 4.78 is 5.22. The molecule has 7 heteroatoms. The summed E-state index contributed by atoms with van der Waals surface area (Å²) >= 11 is 0. The Morgan fingerprint density at radius 3 is 2.62 bits per heavy atom. The Morgan fingerprint density at radius 2 is 2.00 bits per heavy atom. The minimum atomic E-state index is -0.512. The standard InChI is InChI=1S/C14H16N4O3/c1-3-21-14-12(18(19)20)13(15-10-16-14)17(2)9-11-7-5-4-6-8-11/h4-8,10H,3,9H2,1-2H3. The van der Waals surface area contributed by atoms with Gasteiger partial charge in [-0.3, -0.25) is 10.1 Å². The Hall–Kier alpha value is -2.70. The molecule has 0 atom stereocenters. The number of nitrogens with zero attached hydrogens (tertiary/aromatic N) is 4. The van der Waals surface area contributed by atoms with Gasteiger partial charge in [-0.1, -0.05) is 30.3 Å². The molecule has 0 saturated heterocycles. The van der Waals surface area contributed by atoms with Crippen LogP contribution in [0.1, 0.15) is 12.5 Å². The molecule has 21 heavy (non-hydrogen) atoms. The molecule has 0 spiro atoms. The second-order valence-corrected chi connectivity index (χ2v) is 4.38. The van der Waals surface area contributed by atoms with E-state index in [0.29, 0.717) is 13.2 Å². The highest BCUT2D eigenvalue weighted by Gasteiger charge is 2.26. The van der Waals surface area contributed by atoms with Gasteiger partial charge in [0.05, 0.1) is 11.5 Å². The van der Waals surface area contributed by atoms with Crippen LogP contribution in [-0.2, 0) is 6.54 Å². The topological polar surface area (TPSA) is 81.4 Å². The van der Waals surface area contributed by atoms with Gasteiger partial charge in [0.15, 0.2) is 0 Å². The zero-order valence-electron chi connectivity index (χ0n) is 11.9. The molecule has 2 rings (SSSR count). The largest absolute Gasteiger partial charge is 0.473 e. The van der Waals surface area contributed by atoms with E-state index >= 15 is 0 Å². The van der Waals surface area contributed by atoms with E-state index in [-0.39, 0.29) is 17.4 Å². The van der Waals surface area contributed by atoms with E-state index < -0.39 is 4.92 Å². The number of anilines is 1. The van der Waals surface area contributed by atoms with Crippen molar-refractivity contribution in [3.63, 3.8) is 0 Å². The molecule has 0 N–H and O–H groups in total. The van der Waals surface area contributed by atoms with Crippen molar-refractivity contribution >= 4 is 11.5 Å². The summed E-state index contributed by atoms with van der Waals surface area (Å²) in [7, 11) is 1.75. The normalized spacial score (nSPS) is 10.2. The fourth-order valence-corrected chi connectivity index (χ4v) is 1.97. The fraction of sp³-hybridized carbons (Fsp3) is 0.286. The molecule has 0 aliphatic rings. The predicted molar refractivity (Wildman–Crippen MR) is 78.4 cm³/mol. The maximum atomic E-state index is 11.3. The Kier molecular flexibility index (Phi) is 4.65. The summed E-state index contributed by atoms with van der Waals surface area (Å²) in [5.74, 6) is 0.231. The van der Waals surface area contributed by atoms with E-state index in [4.69, 9.17) is 4.74 Å². The van der Waals surface area contributed by atoms with Crippen LogP contribution in [0.5, 0.6) is 5.88 Å². The van der Waals surface area contributed by atoms with E-state index in [9.17, 15) is 10.1 Å². The first-order valence-electron chi connectivity index (χ1n) is 6.50. The van der Waals surface area contributed by atoms with Gasteiger partial charge in [0.1, 0.15) is 6.33 Å². The van der Waals surface area contributed by atoms with Gasteiger partial charge >= 0.3 is 5.69 Å². The van der Waals surface area contributed by atoms with Crippen molar-refractivity contribution in [2.75, 3.05) is 18.6 Å². The minimum absolute atomic E-state index is 0.00703. The summed E-state index contributed by atoms with van der Waals surface area (Å²) in [5, 5.41) is 11.3. The van der Waals surface area contributed by atoms with Gasteiger partial charge in [-0.05, 0) is 12.5 Å². The molecule has 0 aliphatic carbocycles. The Bertz CT molecular complexity index is 619. The lowest BCUT2D eigenvalue weighted by atomic mass is 10.2. The van der Waals surface area contributed by atoms with E-state index in [0.717, 1.165) is 5.56 Å². The number of nitro groups is 1. The second-order valence-electron chi connectivity index (χ2n) is 4.38. The van der Waals surface area contributed by atoms with Crippen molar-refractivity contribution in [1.29, 1.82) is 0 Å². The van der Waals surface area contributed by atoms with Gasteiger partial charge in [0, 0.05) is 13.6 Å². The van der Waals surface area contributed by atoms with E-state index in [1.54, 1.807) is 18.9 Å². The van der Waals surface area contributed by atoms with Crippen LogP contribution in [0.25, 0.3) is 0 Å². The summed E-state index contributed by atoms with van der Waals surface area (Å²) in [6.45, 7) is 2.56. The molecular weight excluding hydrogens is 272 g/mol. The number of hydrogen-bond acceptors (Lipinski definition) is 6. The molecule has 7 nitrogen and oxygen atoms in total. The van der Waals surface area contributed by atoms with Gasteiger partial charge < -0.3 is 9.64 Å². The van der Waals surface area contributed by atoms with Crippen molar-refractivity contribution < 1.29 is 9.66 Å². The van der Waals surface area contributed by atoms with E-state index in [2.05, 4.69) is 9.97 Å². The molecule has 0 bridgehead atoms. The lowest BCUT2D eigenvalue weighted by Gasteiger charge is -2.18. The molecular formula is C14H16N4O3. The molecule has 0 unspecified atom stereocenters. The van der Waals surface area contributed by atoms with Crippen LogP contribution >= 0.6 is 0 Å². The highest BCUT2D eigenvalue weighted by molar-refractivity contribution is 5.62. The highest BCUT2D eigenvalue weighted by atomic mass is 16.6. The quantitative estimate of drug-likeness (QED) is 0.599. The molecule has 1 heterocycles. The van der Waals surface area contributed by atoms with Gasteiger partial charge in [0.2, 0.25) is 5.82 Å². The zero-order chi connectivity index (χ0) is 15.2. The van der Waals surface area contributed by atoms with Crippen LogP contribution in [0, 0.1) is 10.1 Å². The number of rotatable bonds is 6. The Labute approximate surface area is 122 Å². The summed E-state index contributed by atoms with van der Waals surface area (Å²) in [6, 6.07) is 9.66. The third-order valence-corrected chi connectivity index (χ3v) is 2.86. The molecule has 0 radical (unpaired) electrons. The molecule has 0 fully saturated rings. The smallest absolute Gasteiger partial charge is 0.372 e. The number of aromatic nitrogens is 2. The van der Waals surface area contributed by atoms with E-state index in [1.807, 2.05) is 30.3 Å². The van der Waals surface area contributed by atoms with Crippen molar-refractivity contribution in [2.45, 2.75) is 13.5 Å². The molecule has 0 saturated carbocycles. The minimum Gasteiger partial charge on any atom is -0.473 e. The third kappa shape index (κ3) is 3.44. The van der Waals surface area contributed by atoms with Crippen LogP contribution in [0.15, 0.2) is 36.7 Å². The lowest BCUT2D eigenvalue weighted by molar-refractivity contribution is -0.385. The van der Waals surface area contributed by atoms with Crippen molar-refractivity contribution in [1.82, 2.24) is 9.97 Å². The maximum absolute atomic E-state index is 11.3. The van der Waals surface area contributed by atoms with Gasteiger partial charge in [0.25, 0.3) is 5.88 Å². The van der Waals surface area contributed by atoms with Gasteiger partial charge in [-0.25, -0.2) is 4.98 Å². The number of ether oxygens (including phenoxy) is 1. The molecule has 0 aliphatic heterocycles. The first kappa shape index (κ1) is 14.7.